The van der Waals surface area contributed by atoms with E-state index < -0.39 is 0 Å². The number of nitrogens with two attached hydrogens (primary N) is 1. The van der Waals surface area contributed by atoms with Gasteiger partial charge in [0.05, 0.1) is 5.69 Å². The van der Waals surface area contributed by atoms with Gasteiger partial charge in [0.15, 0.2) is 11.5 Å². The summed E-state index contributed by atoms with van der Waals surface area (Å²) in [5.74, 6) is 1.51. The molecule has 0 spiro atoms. The van der Waals surface area contributed by atoms with E-state index in [-0.39, 0.29) is 6.79 Å². The van der Waals surface area contributed by atoms with Crippen LogP contribution >= 0.6 is 11.3 Å². The van der Waals surface area contributed by atoms with Crippen LogP contribution < -0.4 is 15.2 Å². The second-order valence-electron chi connectivity index (χ2n) is 4.58. The van der Waals surface area contributed by atoms with Crippen LogP contribution in [0.4, 0.5) is 5.69 Å². The van der Waals surface area contributed by atoms with Gasteiger partial charge in [0.25, 0.3) is 0 Å². The van der Waals surface area contributed by atoms with Gasteiger partial charge in [-0.05, 0) is 35.7 Å². The Morgan fingerprint density at radius 1 is 1.35 bits per heavy atom. The van der Waals surface area contributed by atoms with Crippen molar-refractivity contribution in [3.8, 4) is 28.0 Å². The Kier molecular flexibility index (Phi) is 3.25. The molecular weight excluding hydrogens is 272 g/mol. The number of nitriles is 1. The average molecular weight is 286 g/mol. The first-order valence-corrected chi connectivity index (χ1v) is 7.27. The normalized spacial score (nSPS) is 12.4. The summed E-state index contributed by atoms with van der Waals surface area (Å²) in [4.78, 5) is 1.64. The molecule has 2 heterocycles. The molecule has 5 heteroatoms. The van der Waals surface area contributed by atoms with E-state index in [9.17, 15) is 0 Å². The number of rotatable bonds is 3. The Balaban J connectivity index is 2.12. The zero-order chi connectivity index (χ0) is 14.1. The van der Waals surface area contributed by atoms with Crippen LogP contribution in [-0.4, -0.2) is 6.79 Å². The molecule has 0 unspecified atom stereocenters. The highest BCUT2D eigenvalue weighted by Crippen LogP contribution is 2.42. The first kappa shape index (κ1) is 12.8. The number of anilines is 1. The van der Waals surface area contributed by atoms with Crippen molar-refractivity contribution in [2.75, 3.05) is 12.5 Å². The molecule has 1 aromatic carbocycles. The summed E-state index contributed by atoms with van der Waals surface area (Å²) >= 11 is 1.44. The van der Waals surface area contributed by atoms with Gasteiger partial charge in [-0.1, -0.05) is 13.3 Å². The molecule has 0 amide bonds. The molecule has 2 aromatic rings. The van der Waals surface area contributed by atoms with E-state index in [0.29, 0.717) is 10.6 Å². The van der Waals surface area contributed by atoms with E-state index in [1.807, 2.05) is 18.2 Å². The van der Waals surface area contributed by atoms with Crippen LogP contribution in [0.25, 0.3) is 10.4 Å². The van der Waals surface area contributed by atoms with Crippen molar-refractivity contribution >= 4 is 17.0 Å². The number of nitrogen functional groups attached to an aromatic ring is 1. The summed E-state index contributed by atoms with van der Waals surface area (Å²) in [5, 5.41) is 9.16. The minimum atomic E-state index is 0.261. The molecule has 0 saturated heterocycles. The van der Waals surface area contributed by atoms with Gasteiger partial charge in [0.2, 0.25) is 6.79 Å². The number of benzene rings is 1. The fourth-order valence-corrected chi connectivity index (χ4v) is 3.39. The molecule has 0 aliphatic carbocycles. The lowest BCUT2D eigenvalue weighted by atomic mass is 10.0. The highest BCUT2D eigenvalue weighted by molar-refractivity contribution is 7.16. The lowest BCUT2D eigenvalue weighted by Gasteiger charge is -2.05. The summed E-state index contributed by atoms with van der Waals surface area (Å²) in [6.07, 6.45) is 1.86. The quantitative estimate of drug-likeness (QED) is 0.936. The molecule has 0 atom stereocenters. The first-order chi connectivity index (χ1) is 9.74. The molecule has 0 saturated carbocycles. The SMILES string of the molecule is CCCc1c(-c2ccc3c(c2)OCO3)sc(C#N)c1N. The topological polar surface area (TPSA) is 68.3 Å². The van der Waals surface area contributed by atoms with Gasteiger partial charge < -0.3 is 15.2 Å². The van der Waals surface area contributed by atoms with Crippen LogP contribution in [0.1, 0.15) is 23.8 Å². The van der Waals surface area contributed by atoms with E-state index >= 15 is 0 Å². The predicted octanol–water partition coefficient (Wildman–Crippen LogP) is 3.55. The van der Waals surface area contributed by atoms with Gasteiger partial charge in [-0.2, -0.15) is 5.26 Å². The van der Waals surface area contributed by atoms with Crippen molar-refractivity contribution in [2.45, 2.75) is 19.8 Å². The third-order valence-corrected chi connectivity index (χ3v) is 4.49. The Morgan fingerprint density at radius 2 is 2.15 bits per heavy atom. The van der Waals surface area contributed by atoms with Crippen LogP contribution in [0.3, 0.4) is 0 Å². The fourth-order valence-electron chi connectivity index (χ4n) is 2.33. The predicted molar refractivity (Wildman–Crippen MR) is 79.0 cm³/mol. The van der Waals surface area contributed by atoms with Gasteiger partial charge in [-0.15, -0.1) is 11.3 Å². The Morgan fingerprint density at radius 3 is 2.90 bits per heavy atom. The van der Waals surface area contributed by atoms with Crippen LogP contribution in [0.2, 0.25) is 0 Å². The Hall–Kier alpha value is -2.19. The molecule has 0 bridgehead atoms. The molecule has 1 aliphatic rings. The number of fused-ring (bicyclic) bond motifs is 1. The van der Waals surface area contributed by atoms with Gasteiger partial charge >= 0.3 is 0 Å². The smallest absolute Gasteiger partial charge is 0.231 e. The van der Waals surface area contributed by atoms with E-state index in [0.717, 1.165) is 40.3 Å². The minimum absolute atomic E-state index is 0.261. The van der Waals surface area contributed by atoms with Gasteiger partial charge in [-0.3, -0.25) is 0 Å². The second-order valence-corrected chi connectivity index (χ2v) is 5.60. The first-order valence-electron chi connectivity index (χ1n) is 6.45. The maximum atomic E-state index is 9.16. The van der Waals surface area contributed by atoms with E-state index in [1.54, 1.807) is 0 Å². The van der Waals surface area contributed by atoms with Crippen LogP contribution in [0.5, 0.6) is 11.5 Å². The monoisotopic (exact) mass is 286 g/mol. The van der Waals surface area contributed by atoms with Crippen molar-refractivity contribution < 1.29 is 9.47 Å². The van der Waals surface area contributed by atoms with Gasteiger partial charge in [-0.25, -0.2) is 0 Å². The third-order valence-electron chi connectivity index (χ3n) is 3.28. The van der Waals surface area contributed by atoms with Crippen molar-refractivity contribution in [2.24, 2.45) is 0 Å². The lowest BCUT2D eigenvalue weighted by molar-refractivity contribution is 0.174. The molecule has 0 fully saturated rings. The molecule has 102 valence electrons. The van der Waals surface area contributed by atoms with Crippen LogP contribution in [0, 0.1) is 11.3 Å². The fraction of sp³-hybridized carbons (Fsp3) is 0.267. The number of nitrogens with zero attached hydrogens (tertiary/aromatic N) is 1. The van der Waals surface area contributed by atoms with Crippen molar-refractivity contribution in [3.63, 3.8) is 0 Å². The molecular formula is C15H14N2O2S. The molecule has 4 nitrogen and oxygen atoms in total. The third kappa shape index (κ3) is 1.98. The largest absolute Gasteiger partial charge is 0.454 e. The average Bonchev–Trinajstić information content (AvgIpc) is 3.04. The standard InChI is InChI=1S/C15H14N2O2S/c1-2-3-10-14(17)13(7-16)20-15(10)9-4-5-11-12(6-9)19-8-18-11/h4-6H,2-3,8,17H2,1H3. The zero-order valence-electron chi connectivity index (χ0n) is 11.1. The molecule has 3 rings (SSSR count). The minimum Gasteiger partial charge on any atom is -0.454 e. The van der Waals surface area contributed by atoms with Gasteiger partial charge in [0.1, 0.15) is 10.9 Å². The summed E-state index contributed by atoms with van der Waals surface area (Å²) < 4.78 is 10.7. The number of hydrogen-bond acceptors (Lipinski definition) is 5. The maximum Gasteiger partial charge on any atom is 0.231 e. The molecule has 20 heavy (non-hydrogen) atoms. The Labute approximate surface area is 121 Å². The second kappa shape index (κ2) is 5.06. The summed E-state index contributed by atoms with van der Waals surface area (Å²) in [7, 11) is 0. The lowest BCUT2D eigenvalue weighted by Crippen LogP contribution is -1.93. The highest BCUT2D eigenvalue weighted by Gasteiger charge is 2.19. The molecule has 0 radical (unpaired) electrons. The number of hydrogen-bond donors (Lipinski definition) is 1. The summed E-state index contributed by atoms with van der Waals surface area (Å²) in [6.45, 7) is 2.36. The Bertz CT molecular complexity index is 701. The van der Waals surface area contributed by atoms with Crippen molar-refractivity contribution in [1.82, 2.24) is 0 Å². The molecule has 1 aromatic heterocycles. The summed E-state index contributed by atoms with van der Waals surface area (Å²) in [5.41, 5.74) is 8.79. The van der Waals surface area contributed by atoms with E-state index in [2.05, 4.69) is 13.0 Å². The number of thiophene rings is 1. The van der Waals surface area contributed by atoms with E-state index in [1.165, 1.54) is 11.3 Å². The van der Waals surface area contributed by atoms with Crippen LogP contribution in [-0.2, 0) is 6.42 Å². The number of ether oxygens (including phenoxy) is 2. The maximum absolute atomic E-state index is 9.16. The van der Waals surface area contributed by atoms with Crippen molar-refractivity contribution in [3.05, 3.63) is 28.6 Å². The molecule has 2 N–H and O–H groups in total. The summed E-state index contributed by atoms with van der Waals surface area (Å²) in [6, 6.07) is 8.01. The zero-order valence-corrected chi connectivity index (χ0v) is 11.9. The highest BCUT2D eigenvalue weighted by atomic mass is 32.1. The van der Waals surface area contributed by atoms with Crippen LogP contribution in [0.15, 0.2) is 18.2 Å². The van der Waals surface area contributed by atoms with E-state index in [4.69, 9.17) is 20.5 Å². The van der Waals surface area contributed by atoms with Crippen molar-refractivity contribution in [1.29, 1.82) is 5.26 Å². The van der Waals surface area contributed by atoms with Gasteiger partial charge in [0, 0.05) is 4.88 Å². The molecule has 1 aliphatic heterocycles.